The molecule has 0 amide bonds. The van der Waals surface area contributed by atoms with Crippen molar-refractivity contribution in [1.82, 2.24) is 0 Å². The zero-order chi connectivity index (χ0) is 19.2. The molecule has 4 nitrogen and oxygen atoms in total. The van der Waals surface area contributed by atoms with Gasteiger partial charge in [0.15, 0.2) is 0 Å². The molecule has 0 spiro atoms. The molecule has 4 atom stereocenters. The lowest BCUT2D eigenvalue weighted by molar-refractivity contribution is -0.137. The second kappa shape index (κ2) is 13.7. The molecule has 1 aliphatic rings. The molecule has 0 aliphatic heterocycles. The zero-order valence-corrected chi connectivity index (χ0v) is 16.3. The average molecular weight is 365 g/mol. The molecule has 4 heteroatoms. The Balaban J connectivity index is 2.34. The van der Waals surface area contributed by atoms with Gasteiger partial charge < -0.3 is 14.7 Å². The molecular formula is C22H36O4. The summed E-state index contributed by atoms with van der Waals surface area (Å²) in [5.41, 5.74) is 0. The van der Waals surface area contributed by atoms with Crippen molar-refractivity contribution in [3.63, 3.8) is 0 Å². The first-order valence-electron chi connectivity index (χ1n) is 10.4. The van der Waals surface area contributed by atoms with Crippen molar-refractivity contribution in [2.75, 3.05) is 0 Å². The first-order valence-corrected chi connectivity index (χ1v) is 10.4. The van der Waals surface area contributed by atoms with E-state index in [1.165, 1.54) is 6.42 Å². The van der Waals surface area contributed by atoms with Crippen molar-refractivity contribution in [2.45, 2.75) is 84.0 Å². The van der Waals surface area contributed by atoms with Crippen LogP contribution in [-0.2, 0) is 14.4 Å². The average Bonchev–Trinajstić information content (AvgIpc) is 2.63. The summed E-state index contributed by atoms with van der Waals surface area (Å²) in [4.78, 5) is 33.7. The number of carbonyl (C=O) groups excluding carboxylic acids is 2. The van der Waals surface area contributed by atoms with Crippen LogP contribution in [0.25, 0.3) is 0 Å². The Morgan fingerprint density at radius 2 is 1.27 bits per heavy atom. The van der Waals surface area contributed by atoms with E-state index in [1.807, 2.05) is 0 Å². The third-order valence-electron chi connectivity index (χ3n) is 5.67. The highest BCUT2D eigenvalue weighted by Gasteiger charge is 2.35. The number of hydrogen-bond acceptors (Lipinski definition) is 3. The molecule has 0 saturated carbocycles. The molecule has 0 fully saturated rings. The lowest BCUT2D eigenvalue weighted by Crippen LogP contribution is -2.33. The van der Waals surface area contributed by atoms with E-state index >= 15 is 0 Å². The van der Waals surface area contributed by atoms with Crippen molar-refractivity contribution in [1.29, 1.82) is 0 Å². The van der Waals surface area contributed by atoms with Crippen molar-refractivity contribution in [3.8, 4) is 0 Å². The number of carboxylic acid groups (broad SMARTS) is 1. The van der Waals surface area contributed by atoms with Gasteiger partial charge in [0.1, 0.15) is 12.6 Å². The molecule has 4 unspecified atom stereocenters. The van der Waals surface area contributed by atoms with E-state index in [-0.39, 0.29) is 30.1 Å². The molecular weight excluding hydrogens is 328 g/mol. The maximum atomic E-state index is 11.6. The number of aliphatic carboxylic acids is 1. The molecule has 26 heavy (non-hydrogen) atoms. The molecule has 0 aromatic rings. The minimum atomic E-state index is -0.716. The molecule has 0 bridgehead atoms. The fourth-order valence-electron chi connectivity index (χ4n) is 4.07. The topological polar surface area (TPSA) is 71.4 Å². The Morgan fingerprint density at radius 3 is 1.73 bits per heavy atom. The van der Waals surface area contributed by atoms with Crippen molar-refractivity contribution < 1.29 is 19.5 Å². The number of unbranched alkanes of at least 4 members (excludes halogenated alkanes) is 7. The molecule has 0 heterocycles. The third kappa shape index (κ3) is 8.29. The second-order valence-electron chi connectivity index (χ2n) is 7.69. The van der Waals surface area contributed by atoms with E-state index in [1.54, 1.807) is 0 Å². The van der Waals surface area contributed by atoms with Crippen LogP contribution in [0.1, 0.15) is 84.0 Å². The van der Waals surface area contributed by atoms with Crippen LogP contribution in [0.2, 0.25) is 0 Å². The Bertz CT molecular complexity index is 443. The molecule has 1 N–H and O–H groups in total. The van der Waals surface area contributed by atoms with Crippen LogP contribution in [-0.4, -0.2) is 23.6 Å². The van der Waals surface area contributed by atoms with Crippen LogP contribution >= 0.6 is 0 Å². The number of aldehydes is 2. The molecule has 1 aliphatic carbocycles. The van der Waals surface area contributed by atoms with Gasteiger partial charge in [-0.25, -0.2) is 0 Å². The minimum absolute atomic E-state index is 0.157. The van der Waals surface area contributed by atoms with Gasteiger partial charge in [0, 0.05) is 18.3 Å². The third-order valence-corrected chi connectivity index (χ3v) is 5.67. The first-order chi connectivity index (χ1) is 12.6. The van der Waals surface area contributed by atoms with Gasteiger partial charge in [0.2, 0.25) is 0 Å². The Labute approximate surface area is 158 Å². The Hall–Kier alpha value is -1.45. The number of carboxylic acids is 1. The lowest BCUT2D eigenvalue weighted by Gasteiger charge is -2.34. The SMILES string of the molecule is CCCCCC1C=CC(CCCCCCCCC(=O)O)C(C=O)C1C=O. The molecule has 0 saturated heterocycles. The summed E-state index contributed by atoms with van der Waals surface area (Å²) in [5.74, 6) is -0.626. The van der Waals surface area contributed by atoms with Gasteiger partial charge in [-0.15, -0.1) is 0 Å². The second-order valence-corrected chi connectivity index (χ2v) is 7.69. The van der Waals surface area contributed by atoms with Gasteiger partial charge >= 0.3 is 5.97 Å². The summed E-state index contributed by atoms with van der Waals surface area (Å²) >= 11 is 0. The van der Waals surface area contributed by atoms with E-state index in [9.17, 15) is 14.4 Å². The predicted octanol–water partition coefficient (Wildman–Crippen LogP) is 5.20. The van der Waals surface area contributed by atoms with E-state index < -0.39 is 5.97 Å². The van der Waals surface area contributed by atoms with Crippen LogP contribution in [0, 0.1) is 23.7 Å². The predicted molar refractivity (Wildman–Crippen MR) is 104 cm³/mol. The summed E-state index contributed by atoms with van der Waals surface area (Å²) in [6, 6.07) is 0. The van der Waals surface area contributed by atoms with Crippen LogP contribution < -0.4 is 0 Å². The summed E-state index contributed by atoms with van der Waals surface area (Å²) in [6.45, 7) is 2.17. The van der Waals surface area contributed by atoms with E-state index in [2.05, 4.69) is 19.1 Å². The van der Waals surface area contributed by atoms with Crippen LogP contribution in [0.15, 0.2) is 12.2 Å². The van der Waals surface area contributed by atoms with Crippen LogP contribution in [0.3, 0.4) is 0 Å². The van der Waals surface area contributed by atoms with Crippen molar-refractivity contribution in [3.05, 3.63) is 12.2 Å². The zero-order valence-electron chi connectivity index (χ0n) is 16.3. The van der Waals surface area contributed by atoms with E-state index in [0.29, 0.717) is 0 Å². The lowest BCUT2D eigenvalue weighted by atomic mass is 9.69. The van der Waals surface area contributed by atoms with Crippen LogP contribution in [0.5, 0.6) is 0 Å². The maximum absolute atomic E-state index is 11.6. The number of allylic oxidation sites excluding steroid dienone is 2. The molecule has 0 radical (unpaired) electrons. The largest absolute Gasteiger partial charge is 0.481 e. The standard InChI is InChI=1S/C22H36O4/c1-2-3-8-11-18-14-15-19(21(17-24)20(18)16-23)12-9-6-4-5-7-10-13-22(25)26/h14-21H,2-13H2,1H3,(H,25,26). The highest BCUT2D eigenvalue weighted by Crippen LogP contribution is 2.37. The fourth-order valence-corrected chi connectivity index (χ4v) is 4.07. The summed E-state index contributed by atoms with van der Waals surface area (Å²) < 4.78 is 0. The smallest absolute Gasteiger partial charge is 0.303 e. The van der Waals surface area contributed by atoms with E-state index in [4.69, 9.17) is 5.11 Å². The number of carbonyl (C=O) groups is 3. The molecule has 1 rings (SSSR count). The molecule has 0 aromatic heterocycles. The number of hydrogen-bond donors (Lipinski definition) is 1. The maximum Gasteiger partial charge on any atom is 0.303 e. The van der Waals surface area contributed by atoms with Crippen molar-refractivity contribution >= 4 is 18.5 Å². The summed E-state index contributed by atoms with van der Waals surface area (Å²) in [5, 5.41) is 8.61. The van der Waals surface area contributed by atoms with Crippen LogP contribution in [0.4, 0.5) is 0 Å². The number of rotatable bonds is 15. The highest BCUT2D eigenvalue weighted by atomic mass is 16.4. The Kier molecular flexibility index (Phi) is 11.9. The minimum Gasteiger partial charge on any atom is -0.481 e. The molecule has 0 aromatic carbocycles. The fraction of sp³-hybridized carbons (Fsp3) is 0.773. The normalized spacial score (nSPS) is 25.1. The van der Waals surface area contributed by atoms with Gasteiger partial charge in [-0.3, -0.25) is 4.79 Å². The van der Waals surface area contributed by atoms with E-state index in [0.717, 1.165) is 76.8 Å². The Morgan fingerprint density at radius 1 is 0.808 bits per heavy atom. The quantitative estimate of drug-likeness (QED) is 0.246. The van der Waals surface area contributed by atoms with Gasteiger partial charge in [0.05, 0.1) is 0 Å². The van der Waals surface area contributed by atoms with Gasteiger partial charge in [-0.2, -0.15) is 0 Å². The highest BCUT2D eigenvalue weighted by molar-refractivity contribution is 5.67. The van der Waals surface area contributed by atoms with Gasteiger partial charge in [-0.1, -0.05) is 70.4 Å². The summed E-state index contributed by atoms with van der Waals surface area (Å²) in [6.07, 6.45) is 18.1. The summed E-state index contributed by atoms with van der Waals surface area (Å²) in [7, 11) is 0. The van der Waals surface area contributed by atoms with Gasteiger partial charge in [-0.05, 0) is 31.1 Å². The monoisotopic (exact) mass is 364 g/mol. The first kappa shape index (κ1) is 22.6. The van der Waals surface area contributed by atoms with Crippen molar-refractivity contribution in [2.24, 2.45) is 23.7 Å². The molecule has 148 valence electrons. The van der Waals surface area contributed by atoms with Gasteiger partial charge in [0.25, 0.3) is 0 Å².